The Kier molecular flexibility index (Phi) is 43.8. The summed E-state index contributed by atoms with van der Waals surface area (Å²) in [7, 11) is 5.51. The van der Waals surface area contributed by atoms with Crippen LogP contribution >= 0.6 is 0 Å². The molecule has 39 N–H and O–H groups in total. The number of amides is 10. The second-order valence-electron chi connectivity index (χ2n) is 31.6. The van der Waals surface area contributed by atoms with Crippen LogP contribution in [0.2, 0.25) is 0 Å². The van der Waals surface area contributed by atoms with Crippen molar-refractivity contribution in [1.29, 1.82) is 32.5 Å². The number of carboxylic acid groups (broad SMARTS) is 2. The third-order valence-corrected chi connectivity index (χ3v) is 23.2. The Labute approximate surface area is 773 Å². The van der Waals surface area contributed by atoms with Gasteiger partial charge in [-0.05, 0) is 132 Å². The van der Waals surface area contributed by atoms with Gasteiger partial charge in [0.25, 0.3) is 0 Å². The number of primary amides is 1. The van der Waals surface area contributed by atoms with Crippen molar-refractivity contribution in [1.82, 2.24) is 94.3 Å². The third kappa shape index (κ3) is 36.9. The van der Waals surface area contributed by atoms with Crippen molar-refractivity contribution < 1.29 is 72.2 Å². The molecule has 2 aliphatic rings. The van der Waals surface area contributed by atoms with Gasteiger partial charge in [-0.3, -0.25) is 70.8 Å². The fourth-order valence-electron chi connectivity index (χ4n) is 13.9. The molecule has 1 aliphatic heterocycles. The van der Waals surface area contributed by atoms with E-state index in [1.165, 1.54) is 25.3 Å². The van der Waals surface area contributed by atoms with Crippen LogP contribution in [-0.4, -0.2) is 263 Å². The second-order valence-corrected chi connectivity index (χ2v) is 33.8. The molecule has 0 bridgehead atoms. The number of carbonyl (C=O) groups excluding carboxylic acids is 10. The van der Waals surface area contributed by atoms with Crippen LogP contribution in [-0.2, 0) is 43.2 Å². The number of hydrogen-bond acceptors (Lipinski definition) is 23. The zero-order chi connectivity index (χ0) is 98.0. The Morgan fingerprint density at radius 3 is 1.31 bits per heavy atom. The molecule has 8 atom stereocenters. The summed E-state index contributed by atoms with van der Waals surface area (Å²) in [6.07, 6.45) is 2.93. The van der Waals surface area contributed by atoms with E-state index < -0.39 is 143 Å². The van der Waals surface area contributed by atoms with Gasteiger partial charge in [0.2, 0.25) is 46.7 Å². The monoisotopic (exact) mass is 1920 g/mol. The van der Waals surface area contributed by atoms with Gasteiger partial charge in [0, 0.05) is 87.2 Å². The second kappa shape index (κ2) is 54.5. The Bertz CT molecular complexity index is 5180. The Morgan fingerprint density at radius 2 is 0.887 bits per heavy atom. The molecule has 3 heterocycles. The zero-order valence-electron chi connectivity index (χ0n) is 74.7. The van der Waals surface area contributed by atoms with Crippen LogP contribution in [0.5, 0.6) is 0 Å². The van der Waals surface area contributed by atoms with Crippen molar-refractivity contribution >= 4 is 144 Å². The van der Waals surface area contributed by atoms with Gasteiger partial charge in [0.05, 0.1) is 17.2 Å². The maximum atomic E-state index is 15.0. The van der Waals surface area contributed by atoms with E-state index in [1.54, 1.807) is 42.5 Å². The van der Waals surface area contributed by atoms with E-state index in [-0.39, 0.29) is 178 Å². The minimum atomic E-state index is -1.59. The first-order valence-electron chi connectivity index (χ1n) is 43.2. The minimum absolute atomic E-state index is 0.00204. The molecule has 0 saturated heterocycles. The Hall–Kier alpha value is -14.9. The van der Waals surface area contributed by atoms with Gasteiger partial charge in [-0.2, -0.15) is 0 Å². The molecule has 10 amide bonds. The van der Waals surface area contributed by atoms with Crippen LogP contribution in [0.15, 0.2) is 83.4 Å². The first-order chi connectivity index (χ1) is 63.2. The molecule has 0 spiro atoms. The van der Waals surface area contributed by atoms with Crippen molar-refractivity contribution in [3.63, 3.8) is 0 Å². The number of guanidine groups is 6. The SMILES string of the molecule is C[C@@H](NC(=O)CCCCCNC(=O)c1ccc(-c2ccnc(N)n2)[se]1)C(=O)N[C@H](CCCNC(=N)N)C(=O)N[C@H](CCCNC(=N)N)C(=O)N[C@H](CCCNC(=N)N)C(=O)N[C@H](CCCNC(=N)N)C(=O)N[C@H](CCCNC(=N)N)C(=O)N[C@H](CCCNC(=N)N)C(=O)N[C@H](CCCCN(C)c1ccc2c(-c3ccc(C(=O)O)cc3C(=O)O)c3ccc(=[N+](C)C)cc-3oc2c1)C(N)=O. The van der Waals surface area contributed by atoms with Gasteiger partial charge >= 0.3 is 170 Å². The normalized spacial score (nSPS) is 12.7. The number of aromatic carboxylic acids is 2. The van der Waals surface area contributed by atoms with Crippen molar-refractivity contribution in [3.05, 3.63) is 99.9 Å². The smallest absolute Gasteiger partial charge is 0.478 e. The number of nitrogen functional groups attached to an aromatic ring is 1. The number of carboxylic acids is 2. The number of nitrogens with zero attached hydrogens (tertiary/aromatic N) is 4. The van der Waals surface area contributed by atoms with Gasteiger partial charge in [-0.15, -0.1) is 0 Å². The summed E-state index contributed by atoms with van der Waals surface area (Å²) in [5.41, 5.74) is 47.8. The number of carbonyl (C=O) groups is 12. The summed E-state index contributed by atoms with van der Waals surface area (Å²) in [4.78, 5) is 177. The minimum Gasteiger partial charge on any atom is -0.478 e. The topological polar surface area (TPSA) is 822 Å². The first kappa shape index (κ1) is 107. The number of nitrogens with two attached hydrogens (primary N) is 8. The van der Waals surface area contributed by atoms with Gasteiger partial charge in [-0.1, -0.05) is 6.07 Å². The van der Waals surface area contributed by atoms with Crippen LogP contribution < -0.4 is 140 Å². The van der Waals surface area contributed by atoms with Crippen LogP contribution in [0.3, 0.4) is 0 Å². The van der Waals surface area contributed by atoms with Crippen LogP contribution in [0.25, 0.3) is 43.6 Å². The summed E-state index contributed by atoms with van der Waals surface area (Å²) in [5, 5.41) is 108. The molecule has 0 saturated carbocycles. The zero-order valence-corrected chi connectivity index (χ0v) is 76.4. The fourth-order valence-corrected chi connectivity index (χ4v) is 15.8. The maximum absolute atomic E-state index is 15.0. The number of hydrogen-bond donors (Lipinski definition) is 31. The van der Waals surface area contributed by atoms with E-state index in [4.69, 9.17) is 82.7 Å². The van der Waals surface area contributed by atoms with E-state index in [9.17, 15) is 58.2 Å². The molecule has 4 aromatic rings. The molecule has 722 valence electrons. The third-order valence-electron chi connectivity index (χ3n) is 20.9. The van der Waals surface area contributed by atoms with Crippen molar-refractivity contribution in [2.75, 3.05) is 84.1 Å². The molecule has 133 heavy (non-hydrogen) atoms. The first-order valence-corrected chi connectivity index (χ1v) is 44.9. The van der Waals surface area contributed by atoms with Gasteiger partial charge in [-0.25, -0.2) is 14.2 Å². The quantitative estimate of drug-likeness (QED) is 0.00436. The van der Waals surface area contributed by atoms with Crippen molar-refractivity contribution in [3.8, 4) is 32.6 Å². The molecule has 48 nitrogen and oxygen atoms in total. The van der Waals surface area contributed by atoms with E-state index in [2.05, 4.69) is 89.7 Å². The van der Waals surface area contributed by atoms with Crippen molar-refractivity contribution in [2.45, 2.75) is 177 Å². The number of nitrogens with one attached hydrogen (secondary N) is 21. The summed E-state index contributed by atoms with van der Waals surface area (Å²) in [5.74, 6) is -12.7. The standard InChI is InChI=1S/C84H125N33O15Se/c1-45(107-65(118)23-6-5-8-33-99-75(127)64-31-30-63(133-64)53-32-40-106-84(98)115-53)68(120)109-55(17-10-34-100-78(86)87)70(122)111-57(19-12-36-102-80(90)91)72(124)113-59(21-14-38-104-82(94)95)74(126)114-60(22-15-39-105-83(96)97)73(125)112-58(20-13-37-103-81(92)93)71(123)110-56(18-11-35-101-79(88)89)69(121)108-54(67(85)119)16-7-9-41-117(4)48-26-29-51-62(44-48)132-61-43-47(116(2)3)25-28-50(61)66(51)49-27-24-46(76(128)129)42-52(49)77(130)131/h24-32,40,42-45,54-60H,5-23,33-39,41H2,1-4H3,(H38-,85,86,87,88,89,90,91,92,93,94,95,96,97,98,99,100,101,102,103,104,105,106,107,108,109,110,111,112,113,114,115,118,119,120,121,122,123,124,125,126,127,128,129,130,131)/p+1/t45-,54-,55-,56-,57-,58-,59-,60-/m1/s1. The summed E-state index contributed by atoms with van der Waals surface area (Å²) in [6.45, 7) is 2.13. The average Bonchev–Trinajstić information content (AvgIpc) is 1.26. The number of aromatic nitrogens is 2. The molecule has 2 aromatic heterocycles. The predicted octanol–water partition coefficient (Wildman–Crippen LogP) is -3.71. The number of fused-ring (bicyclic) bond motifs is 2. The number of unbranched alkanes of at least 4 members (excludes halogenated alkanes) is 3. The number of anilines is 2. The summed E-state index contributed by atoms with van der Waals surface area (Å²) >= 11 is -0.309. The van der Waals surface area contributed by atoms with Crippen molar-refractivity contribution in [2.24, 2.45) is 40.1 Å². The van der Waals surface area contributed by atoms with Crippen LogP contribution in [0.1, 0.15) is 159 Å². The molecule has 0 unspecified atom stereocenters. The van der Waals surface area contributed by atoms with Gasteiger partial charge in [0.1, 0.15) is 67.7 Å². The molecular weight excluding hydrogens is 1790 g/mol. The molecule has 6 rings (SSSR count). The molecule has 2 aromatic carbocycles. The van der Waals surface area contributed by atoms with E-state index >= 15 is 9.59 Å². The molecule has 0 fully saturated rings. The summed E-state index contributed by atoms with van der Waals surface area (Å²) < 4.78 is 9.87. The Morgan fingerprint density at radius 1 is 0.459 bits per heavy atom. The number of benzene rings is 3. The molecule has 0 radical (unpaired) electrons. The molecule has 1 aliphatic carbocycles. The van der Waals surface area contributed by atoms with Crippen LogP contribution in [0.4, 0.5) is 11.6 Å². The van der Waals surface area contributed by atoms with Gasteiger partial charge in [0.15, 0.2) is 35.8 Å². The molecular formula is C84H126N33O15Se+. The van der Waals surface area contributed by atoms with E-state index in [0.717, 1.165) is 15.9 Å². The van der Waals surface area contributed by atoms with E-state index in [0.29, 0.717) is 88.9 Å². The number of rotatable bonds is 57. The Balaban J connectivity index is 1.19. The summed E-state index contributed by atoms with van der Waals surface area (Å²) in [6, 6.07) is 8.34. The van der Waals surface area contributed by atoms with Crippen LogP contribution in [0, 0.1) is 32.5 Å². The van der Waals surface area contributed by atoms with E-state index in [1.807, 2.05) is 42.8 Å². The molecule has 49 heteroatoms. The fraction of sp³-hybridized carbons (Fsp3) is 0.464. The average molecular weight is 1920 g/mol. The predicted molar refractivity (Wildman–Crippen MR) is 501 cm³/mol. The van der Waals surface area contributed by atoms with Gasteiger partial charge < -0.3 is 129 Å².